The molecule has 0 unspecified atom stereocenters. The van der Waals surface area contributed by atoms with Crippen molar-refractivity contribution in [1.29, 1.82) is 0 Å². The first kappa shape index (κ1) is 18.9. The van der Waals surface area contributed by atoms with E-state index in [0.29, 0.717) is 0 Å². The Labute approximate surface area is 196 Å². The number of hydrogen-bond acceptors (Lipinski definition) is 2. The highest BCUT2D eigenvalue weighted by Gasteiger charge is 2.20. The Morgan fingerprint density at radius 1 is 0.559 bits per heavy atom. The quantitative estimate of drug-likeness (QED) is 0.279. The second kappa shape index (κ2) is 7.46. The van der Waals surface area contributed by atoms with Gasteiger partial charge >= 0.3 is 0 Å². The van der Waals surface area contributed by atoms with Gasteiger partial charge in [0.05, 0.1) is 22.3 Å². The van der Waals surface area contributed by atoms with Crippen LogP contribution < -0.4 is 0 Å². The Balaban J connectivity index is 1.58. The number of rotatable bonds is 3. The van der Waals surface area contributed by atoms with Crippen LogP contribution in [0.5, 0.6) is 0 Å². The lowest BCUT2D eigenvalue weighted by atomic mass is 10.0. The summed E-state index contributed by atoms with van der Waals surface area (Å²) in [6, 6.07) is 41.8. The average molecular weight is 437 g/mol. The number of aromatic nitrogens is 2. The summed E-state index contributed by atoms with van der Waals surface area (Å²) in [5.74, 6) is 0.870. The molecular formula is C31H20N2O. The van der Waals surface area contributed by atoms with E-state index in [4.69, 9.17) is 9.40 Å². The first-order valence-electron chi connectivity index (χ1n) is 11.4. The molecule has 160 valence electrons. The molecule has 7 aromatic rings. The molecule has 34 heavy (non-hydrogen) atoms. The highest BCUT2D eigenvalue weighted by atomic mass is 16.3. The van der Waals surface area contributed by atoms with Gasteiger partial charge in [-0.05, 0) is 35.9 Å². The minimum absolute atomic E-state index is 0.859. The van der Waals surface area contributed by atoms with Gasteiger partial charge in [-0.3, -0.25) is 4.57 Å². The molecule has 0 bridgehead atoms. The van der Waals surface area contributed by atoms with Crippen molar-refractivity contribution >= 4 is 33.0 Å². The minimum Gasteiger partial charge on any atom is -0.455 e. The number of para-hydroxylation sites is 5. The van der Waals surface area contributed by atoms with Gasteiger partial charge in [-0.15, -0.1) is 0 Å². The Morgan fingerprint density at radius 2 is 1.26 bits per heavy atom. The van der Waals surface area contributed by atoms with Gasteiger partial charge in [-0.25, -0.2) is 4.98 Å². The Kier molecular flexibility index (Phi) is 4.15. The summed E-state index contributed by atoms with van der Waals surface area (Å²) in [4.78, 5) is 5.12. The standard InChI is InChI=1S/C31H20N2O/c1-2-11-21(12-3-1)22-13-4-7-18-27(22)33-28-19-8-6-17-26(28)32-31(33)25-16-10-15-24-23-14-5-9-20-29(23)34-30(24)25/h1-20H. The monoisotopic (exact) mass is 436 g/mol. The van der Waals surface area contributed by atoms with E-state index in [1.54, 1.807) is 0 Å². The molecule has 0 atom stereocenters. The molecule has 3 nitrogen and oxygen atoms in total. The van der Waals surface area contributed by atoms with Gasteiger partial charge in [0, 0.05) is 16.3 Å². The van der Waals surface area contributed by atoms with Gasteiger partial charge in [0.2, 0.25) is 0 Å². The third-order valence-corrected chi connectivity index (χ3v) is 6.44. The third-order valence-electron chi connectivity index (χ3n) is 6.44. The van der Waals surface area contributed by atoms with Crippen LogP contribution >= 0.6 is 0 Å². The van der Waals surface area contributed by atoms with Crippen LogP contribution in [0.2, 0.25) is 0 Å². The van der Waals surface area contributed by atoms with Crippen LogP contribution in [0.4, 0.5) is 0 Å². The van der Waals surface area contributed by atoms with Crippen molar-refractivity contribution in [3.63, 3.8) is 0 Å². The second-order valence-corrected chi connectivity index (χ2v) is 8.42. The zero-order valence-corrected chi connectivity index (χ0v) is 18.3. The summed E-state index contributed by atoms with van der Waals surface area (Å²) in [6.45, 7) is 0. The fraction of sp³-hybridized carbons (Fsp3) is 0. The van der Waals surface area contributed by atoms with Crippen molar-refractivity contribution in [3.8, 4) is 28.2 Å². The molecule has 0 N–H and O–H groups in total. The molecule has 0 aliphatic carbocycles. The first-order valence-corrected chi connectivity index (χ1v) is 11.4. The Hall–Kier alpha value is -4.63. The van der Waals surface area contributed by atoms with Gasteiger partial charge in [0.15, 0.2) is 0 Å². The second-order valence-electron chi connectivity index (χ2n) is 8.42. The maximum absolute atomic E-state index is 6.39. The molecule has 3 heteroatoms. The third kappa shape index (κ3) is 2.81. The molecule has 0 radical (unpaired) electrons. The zero-order chi connectivity index (χ0) is 22.5. The van der Waals surface area contributed by atoms with Crippen molar-refractivity contribution in [2.75, 3.05) is 0 Å². The van der Waals surface area contributed by atoms with Gasteiger partial charge < -0.3 is 4.42 Å². The Morgan fingerprint density at radius 3 is 2.21 bits per heavy atom. The Bertz CT molecular complexity index is 1810. The highest BCUT2D eigenvalue weighted by molar-refractivity contribution is 6.09. The van der Waals surface area contributed by atoms with Crippen LogP contribution in [-0.4, -0.2) is 9.55 Å². The SMILES string of the molecule is c1ccc(-c2ccccc2-n2c(-c3cccc4c3oc3ccccc34)nc3ccccc32)cc1. The van der Waals surface area contributed by atoms with Crippen molar-refractivity contribution in [1.82, 2.24) is 9.55 Å². The lowest BCUT2D eigenvalue weighted by molar-refractivity contribution is 0.669. The van der Waals surface area contributed by atoms with E-state index < -0.39 is 0 Å². The van der Waals surface area contributed by atoms with Gasteiger partial charge in [0.1, 0.15) is 17.0 Å². The van der Waals surface area contributed by atoms with Crippen molar-refractivity contribution in [2.45, 2.75) is 0 Å². The van der Waals surface area contributed by atoms with E-state index in [1.807, 2.05) is 24.3 Å². The van der Waals surface area contributed by atoms with E-state index in [1.165, 1.54) is 5.56 Å². The average Bonchev–Trinajstić information content (AvgIpc) is 3.48. The van der Waals surface area contributed by atoms with Crippen LogP contribution in [0.25, 0.3) is 61.2 Å². The maximum atomic E-state index is 6.39. The van der Waals surface area contributed by atoms with Crippen LogP contribution in [-0.2, 0) is 0 Å². The smallest absolute Gasteiger partial charge is 0.149 e. The molecule has 0 saturated heterocycles. The summed E-state index contributed by atoms with van der Waals surface area (Å²) in [5, 5.41) is 2.22. The minimum atomic E-state index is 0.859. The maximum Gasteiger partial charge on any atom is 0.149 e. The number of benzene rings is 5. The predicted molar refractivity (Wildman–Crippen MR) is 139 cm³/mol. The van der Waals surface area contributed by atoms with Crippen molar-refractivity contribution in [2.24, 2.45) is 0 Å². The number of fused-ring (bicyclic) bond motifs is 4. The molecule has 5 aromatic carbocycles. The topological polar surface area (TPSA) is 31.0 Å². The lowest BCUT2D eigenvalue weighted by Gasteiger charge is -2.15. The summed E-state index contributed by atoms with van der Waals surface area (Å²) >= 11 is 0. The summed E-state index contributed by atoms with van der Waals surface area (Å²) in [6.07, 6.45) is 0. The van der Waals surface area contributed by atoms with Gasteiger partial charge in [0.25, 0.3) is 0 Å². The normalized spacial score (nSPS) is 11.5. The molecule has 7 rings (SSSR count). The zero-order valence-electron chi connectivity index (χ0n) is 18.3. The molecule has 0 amide bonds. The fourth-order valence-corrected chi connectivity index (χ4v) is 4.90. The van der Waals surface area contributed by atoms with Crippen LogP contribution in [0, 0.1) is 0 Å². The summed E-state index contributed by atoms with van der Waals surface area (Å²) in [5.41, 5.74) is 8.16. The molecule has 2 heterocycles. The molecule has 0 aliphatic heterocycles. The number of imidazole rings is 1. The van der Waals surface area contributed by atoms with Crippen LogP contribution in [0.1, 0.15) is 0 Å². The van der Waals surface area contributed by atoms with E-state index in [2.05, 4.69) is 102 Å². The lowest BCUT2D eigenvalue weighted by Crippen LogP contribution is -2.00. The number of hydrogen-bond donors (Lipinski definition) is 0. The largest absolute Gasteiger partial charge is 0.455 e. The number of nitrogens with zero attached hydrogens (tertiary/aromatic N) is 2. The van der Waals surface area contributed by atoms with E-state index in [-0.39, 0.29) is 0 Å². The van der Waals surface area contributed by atoms with Crippen LogP contribution in [0.15, 0.2) is 126 Å². The first-order chi connectivity index (χ1) is 16.9. The van der Waals surface area contributed by atoms with E-state index >= 15 is 0 Å². The molecule has 0 aliphatic rings. The van der Waals surface area contributed by atoms with E-state index in [0.717, 1.165) is 55.6 Å². The fourth-order valence-electron chi connectivity index (χ4n) is 4.90. The van der Waals surface area contributed by atoms with Gasteiger partial charge in [-0.2, -0.15) is 0 Å². The van der Waals surface area contributed by atoms with Crippen LogP contribution in [0.3, 0.4) is 0 Å². The predicted octanol–water partition coefficient (Wildman–Crippen LogP) is 8.26. The molecule has 0 saturated carbocycles. The van der Waals surface area contributed by atoms with Gasteiger partial charge in [-0.1, -0.05) is 91.0 Å². The molecular weight excluding hydrogens is 416 g/mol. The highest BCUT2D eigenvalue weighted by Crippen LogP contribution is 2.39. The molecule has 0 fully saturated rings. The van der Waals surface area contributed by atoms with Crippen molar-refractivity contribution < 1.29 is 4.42 Å². The number of furan rings is 1. The molecule has 0 spiro atoms. The summed E-state index contributed by atoms with van der Waals surface area (Å²) in [7, 11) is 0. The molecule has 2 aromatic heterocycles. The summed E-state index contributed by atoms with van der Waals surface area (Å²) < 4.78 is 8.65. The van der Waals surface area contributed by atoms with E-state index in [9.17, 15) is 0 Å². The van der Waals surface area contributed by atoms with Crippen molar-refractivity contribution in [3.05, 3.63) is 121 Å².